The summed E-state index contributed by atoms with van der Waals surface area (Å²) in [4.78, 5) is 0. The van der Waals surface area contributed by atoms with Crippen molar-refractivity contribution >= 4 is 0 Å². The molecule has 0 spiro atoms. The molecule has 1 N–H and O–H groups in total. The smallest absolute Gasteiger partial charge is 0.0777 e. The summed E-state index contributed by atoms with van der Waals surface area (Å²) in [6.45, 7) is 5.48. The van der Waals surface area contributed by atoms with Crippen LogP contribution in [-0.2, 0) is 24.1 Å². The van der Waals surface area contributed by atoms with Gasteiger partial charge in [0.25, 0.3) is 0 Å². The Bertz CT molecular complexity index is 310. The molecular formula is C12H22N2O2. The predicted octanol–water partition coefficient (Wildman–Crippen LogP) is 1.41. The van der Waals surface area contributed by atoms with Gasteiger partial charge in [0.2, 0.25) is 0 Å². The highest BCUT2D eigenvalue weighted by atomic mass is 16.5. The number of rotatable bonds is 7. The molecule has 0 aliphatic rings. The number of methoxy groups -OCH3 is 1. The van der Waals surface area contributed by atoms with Gasteiger partial charge in [0.1, 0.15) is 0 Å². The normalized spacial score (nSPS) is 13.0. The number of aliphatic hydroxyl groups is 1. The second-order valence-electron chi connectivity index (χ2n) is 3.94. The van der Waals surface area contributed by atoms with Crippen LogP contribution in [-0.4, -0.2) is 34.7 Å². The average Bonchev–Trinajstić information content (AvgIpc) is 2.69. The molecule has 0 saturated carbocycles. The highest BCUT2D eigenvalue weighted by Crippen LogP contribution is 2.09. The van der Waals surface area contributed by atoms with E-state index >= 15 is 0 Å². The summed E-state index contributed by atoms with van der Waals surface area (Å²) in [7, 11) is 1.61. The molecule has 16 heavy (non-hydrogen) atoms. The van der Waals surface area contributed by atoms with Crippen LogP contribution in [0.4, 0.5) is 0 Å². The number of hydrogen-bond acceptors (Lipinski definition) is 3. The summed E-state index contributed by atoms with van der Waals surface area (Å²) in [6, 6.07) is 2.13. The van der Waals surface area contributed by atoms with Gasteiger partial charge in [0.15, 0.2) is 0 Å². The van der Waals surface area contributed by atoms with Crippen LogP contribution in [0, 0.1) is 0 Å². The quantitative estimate of drug-likeness (QED) is 0.764. The molecule has 1 heterocycles. The Labute approximate surface area is 97.2 Å². The first-order chi connectivity index (χ1) is 7.71. The third-order valence-corrected chi connectivity index (χ3v) is 2.67. The van der Waals surface area contributed by atoms with Gasteiger partial charge in [-0.1, -0.05) is 6.92 Å². The second kappa shape index (κ2) is 6.66. The fraction of sp³-hybridized carbons (Fsp3) is 0.750. The maximum Gasteiger partial charge on any atom is 0.0777 e. The number of aliphatic hydroxyl groups excluding tert-OH is 1. The van der Waals surface area contributed by atoms with Crippen LogP contribution in [0.5, 0.6) is 0 Å². The minimum atomic E-state index is -0.379. The number of aryl methyl sites for hydroxylation is 3. The van der Waals surface area contributed by atoms with E-state index in [1.54, 1.807) is 7.11 Å². The molecule has 0 aliphatic carbocycles. The molecule has 4 heteroatoms. The van der Waals surface area contributed by atoms with E-state index in [2.05, 4.69) is 25.0 Å². The Morgan fingerprint density at radius 1 is 1.50 bits per heavy atom. The van der Waals surface area contributed by atoms with Crippen molar-refractivity contribution in [2.24, 2.45) is 0 Å². The molecule has 0 bridgehead atoms. The average molecular weight is 226 g/mol. The van der Waals surface area contributed by atoms with Crippen molar-refractivity contribution in [2.45, 2.75) is 45.8 Å². The lowest BCUT2D eigenvalue weighted by atomic mass is 10.1. The molecule has 92 valence electrons. The van der Waals surface area contributed by atoms with Crippen molar-refractivity contribution in [1.29, 1.82) is 0 Å². The van der Waals surface area contributed by atoms with E-state index in [9.17, 15) is 5.11 Å². The molecule has 0 aliphatic heterocycles. The van der Waals surface area contributed by atoms with Crippen molar-refractivity contribution in [3.63, 3.8) is 0 Å². The highest BCUT2D eigenvalue weighted by molar-refractivity contribution is 5.10. The third-order valence-electron chi connectivity index (χ3n) is 2.67. The van der Waals surface area contributed by atoms with Gasteiger partial charge >= 0.3 is 0 Å². The Balaban J connectivity index is 2.54. The molecule has 1 aromatic heterocycles. The molecule has 1 atom stereocenters. The van der Waals surface area contributed by atoms with Crippen LogP contribution in [0.25, 0.3) is 0 Å². The van der Waals surface area contributed by atoms with Crippen LogP contribution < -0.4 is 0 Å². The molecule has 1 rings (SSSR count). The van der Waals surface area contributed by atoms with Gasteiger partial charge < -0.3 is 9.84 Å². The topological polar surface area (TPSA) is 47.3 Å². The van der Waals surface area contributed by atoms with E-state index in [1.807, 2.05) is 4.68 Å². The SMILES string of the molecule is CCc1cc(CCC(O)COC)n(CC)n1. The lowest BCUT2D eigenvalue weighted by Crippen LogP contribution is -2.15. The van der Waals surface area contributed by atoms with Gasteiger partial charge in [-0.25, -0.2) is 0 Å². The zero-order valence-corrected chi connectivity index (χ0v) is 10.4. The lowest BCUT2D eigenvalue weighted by Gasteiger charge is -2.09. The minimum Gasteiger partial charge on any atom is -0.391 e. The number of hydrogen-bond donors (Lipinski definition) is 1. The fourth-order valence-corrected chi connectivity index (χ4v) is 1.75. The first-order valence-electron chi connectivity index (χ1n) is 5.93. The van der Waals surface area contributed by atoms with E-state index in [4.69, 9.17) is 4.74 Å². The van der Waals surface area contributed by atoms with Crippen LogP contribution in [0.1, 0.15) is 31.7 Å². The second-order valence-corrected chi connectivity index (χ2v) is 3.94. The monoisotopic (exact) mass is 226 g/mol. The Kier molecular flexibility index (Phi) is 5.49. The Hall–Kier alpha value is -0.870. The maximum absolute atomic E-state index is 9.58. The van der Waals surface area contributed by atoms with Crippen molar-refractivity contribution in [3.05, 3.63) is 17.5 Å². The van der Waals surface area contributed by atoms with Crippen molar-refractivity contribution in [1.82, 2.24) is 9.78 Å². The number of aromatic nitrogens is 2. The van der Waals surface area contributed by atoms with E-state index in [1.165, 1.54) is 5.69 Å². The van der Waals surface area contributed by atoms with Crippen LogP contribution in [0.3, 0.4) is 0 Å². The molecule has 1 unspecified atom stereocenters. The molecule has 4 nitrogen and oxygen atoms in total. The first kappa shape index (κ1) is 13.2. The molecule has 1 aromatic rings. The highest BCUT2D eigenvalue weighted by Gasteiger charge is 2.09. The van der Waals surface area contributed by atoms with E-state index in [0.717, 1.165) is 31.5 Å². The molecule has 0 fully saturated rings. The summed E-state index contributed by atoms with van der Waals surface area (Å²) in [5.41, 5.74) is 2.33. The van der Waals surface area contributed by atoms with Crippen LogP contribution >= 0.6 is 0 Å². The van der Waals surface area contributed by atoms with E-state index in [-0.39, 0.29) is 6.10 Å². The van der Waals surface area contributed by atoms with E-state index in [0.29, 0.717) is 6.61 Å². The maximum atomic E-state index is 9.58. The lowest BCUT2D eigenvalue weighted by molar-refractivity contribution is 0.0592. The van der Waals surface area contributed by atoms with E-state index < -0.39 is 0 Å². The van der Waals surface area contributed by atoms with Gasteiger partial charge in [-0.05, 0) is 32.3 Å². The third kappa shape index (κ3) is 3.61. The van der Waals surface area contributed by atoms with Crippen molar-refractivity contribution < 1.29 is 9.84 Å². The molecular weight excluding hydrogens is 204 g/mol. The van der Waals surface area contributed by atoms with Gasteiger partial charge in [0.05, 0.1) is 18.4 Å². The summed E-state index contributed by atoms with van der Waals surface area (Å²) in [6.07, 6.45) is 2.16. The largest absolute Gasteiger partial charge is 0.391 e. The Morgan fingerprint density at radius 2 is 2.25 bits per heavy atom. The summed E-state index contributed by atoms with van der Waals surface area (Å²) < 4.78 is 6.91. The van der Waals surface area contributed by atoms with Gasteiger partial charge in [-0.15, -0.1) is 0 Å². The number of ether oxygens (including phenoxy) is 1. The Morgan fingerprint density at radius 3 is 2.81 bits per heavy atom. The van der Waals surface area contributed by atoms with Crippen LogP contribution in [0.15, 0.2) is 6.07 Å². The summed E-state index contributed by atoms with van der Waals surface area (Å²) >= 11 is 0. The minimum absolute atomic E-state index is 0.379. The number of nitrogens with zero attached hydrogens (tertiary/aromatic N) is 2. The van der Waals surface area contributed by atoms with Gasteiger partial charge in [-0.3, -0.25) is 4.68 Å². The fourth-order valence-electron chi connectivity index (χ4n) is 1.75. The summed E-state index contributed by atoms with van der Waals surface area (Å²) in [5, 5.41) is 14.1. The first-order valence-corrected chi connectivity index (χ1v) is 5.93. The standard InChI is InChI=1S/C12H22N2O2/c1-4-10-8-11(14(5-2)13-10)6-7-12(15)9-16-3/h8,12,15H,4-7,9H2,1-3H3. The molecule has 0 aromatic carbocycles. The summed E-state index contributed by atoms with van der Waals surface area (Å²) in [5.74, 6) is 0. The molecule has 0 radical (unpaired) electrons. The zero-order valence-electron chi connectivity index (χ0n) is 10.4. The van der Waals surface area contributed by atoms with Crippen molar-refractivity contribution in [3.8, 4) is 0 Å². The molecule has 0 amide bonds. The predicted molar refractivity (Wildman–Crippen MR) is 63.5 cm³/mol. The van der Waals surface area contributed by atoms with Crippen molar-refractivity contribution in [2.75, 3.05) is 13.7 Å². The molecule has 0 saturated heterocycles. The van der Waals surface area contributed by atoms with Gasteiger partial charge in [-0.2, -0.15) is 5.10 Å². The van der Waals surface area contributed by atoms with Gasteiger partial charge in [0, 0.05) is 19.3 Å². The zero-order chi connectivity index (χ0) is 12.0. The van der Waals surface area contributed by atoms with Crippen LogP contribution in [0.2, 0.25) is 0 Å².